The molecule has 0 bridgehead atoms. The van der Waals surface area contributed by atoms with Crippen LogP contribution in [0.3, 0.4) is 0 Å². The molecule has 1 rings (SSSR count). The maximum atomic E-state index is 12.0. The smallest absolute Gasteiger partial charge is 0.240 e. The number of carbonyl (C=O) groups is 2. The Morgan fingerprint density at radius 3 is 2.42 bits per heavy atom. The number of aliphatic imine (C=N–C) groups is 1. The van der Waals surface area contributed by atoms with Gasteiger partial charge in [-0.05, 0) is 47.0 Å². The van der Waals surface area contributed by atoms with E-state index in [0.29, 0.717) is 31.4 Å². The molecule has 7 nitrogen and oxygen atoms in total. The standard InChI is InChI=1S/C17H33N5O2/c1-6-18-16(22(5)12-15(24)21-17(2,3)4)19-11-7-8-14(23)20-13-9-10-13/h13H,6-12H2,1-5H3,(H,18,19)(H,20,23)(H,21,24). The molecule has 0 spiro atoms. The molecule has 0 aliphatic heterocycles. The largest absolute Gasteiger partial charge is 0.357 e. The highest BCUT2D eigenvalue weighted by atomic mass is 16.2. The summed E-state index contributed by atoms with van der Waals surface area (Å²) in [6.07, 6.45) is 3.41. The van der Waals surface area contributed by atoms with Crippen LogP contribution in [0.25, 0.3) is 0 Å². The molecule has 0 unspecified atom stereocenters. The molecule has 1 aliphatic carbocycles. The van der Waals surface area contributed by atoms with Crippen molar-refractivity contribution in [1.82, 2.24) is 20.9 Å². The summed E-state index contributed by atoms with van der Waals surface area (Å²) in [5.74, 6) is 0.749. The summed E-state index contributed by atoms with van der Waals surface area (Å²) in [4.78, 5) is 30.0. The number of nitrogens with zero attached hydrogens (tertiary/aromatic N) is 2. The Hall–Kier alpha value is -1.79. The topological polar surface area (TPSA) is 85.8 Å². The quantitative estimate of drug-likeness (QED) is 0.348. The van der Waals surface area contributed by atoms with Gasteiger partial charge >= 0.3 is 0 Å². The second kappa shape index (κ2) is 9.49. The zero-order valence-corrected chi connectivity index (χ0v) is 15.7. The van der Waals surface area contributed by atoms with E-state index in [-0.39, 0.29) is 23.9 Å². The van der Waals surface area contributed by atoms with Crippen LogP contribution >= 0.6 is 0 Å². The number of amides is 2. The summed E-state index contributed by atoms with van der Waals surface area (Å²) in [5.41, 5.74) is -0.248. The molecule has 2 amide bonds. The maximum Gasteiger partial charge on any atom is 0.240 e. The van der Waals surface area contributed by atoms with Crippen molar-refractivity contribution >= 4 is 17.8 Å². The van der Waals surface area contributed by atoms with E-state index in [1.54, 1.807) is 4.90 Å². The van der Waals surface area contributed by atoms with Crippen molar-refractivity contribution < 1.29 is 9.59 Å². The summed E-state index contributed by atoms with van der Waals surface area (Å²) in [5, 5.41) is 9.08. The van der Waals surface area contributed by atoms with Crippen molar-refractivity contribution in [3.05, 3.63) is 0 Å². The van der Waals surface area contributed by atoms with E-state index in [9.17, 15) is 9.59 Å². The lowest BCUT2D eigenvalue weighted by molar-refractivity contribution is -0.123. The molecule has 0 heterocycles. The first-order chi connectivity index (χ1) is 11.2. The van der Waals surface area contributed by atoms with Gasteiger partial charge in [-0.2, -0.15) is 0 Å². The van der Waals surface area contributed by atoms with E-state index in [4.69, 9.17) is 0 Å². The fraction of sp³-hybridized carbons (Fsp3) is 0.824. The highest BCUT2D eigenvalue weighted by molar-refractivity contribution is 5.86. The van der Waals surface area contributed by atoms with Gasteiger partial charge in [0.25, 0.3) is 0 Å². The molecule has 1 aliphatic rings. The number of rotatable bonds is 8. The van der Waals surface area contributed by atoms with Gasteiger partial charge in [0.05, 0.1) is 6.54 Å². The van der Waals surface area contributed by atoms with Gasteiger partial charge < -0.3 is 20.9 Å². The van der Waals surface area contributed by atoms with Crippen molar-refractivity contribution in [2.45, 2.75) is 65.0 Å². The van der Waals surface area contributed by atoms with Crippen LogP contribution in [0.2, 0.25) is 0 Å². The van der Waals surface area contributed by atoms with Crippen molar-refractivity contribution in [3.8, 4) is 0 Å². The van der Waals surface area contributed by atoms with Gasteiger partial charge in [-0.25, -0.2) is 0 Å². The molecule has 3 N–H and O–H groups in total. The van der Waals surface area contributed by atoms with Gasteiger partial charge in [0, 0.05) is 38.1 Å². The maximum absolute atomic E-state index is 12.0. The van der Waals surface area contributed by atoms with E-state index < -0.39 is 0 Å². The minimum absolute atomic E-state index is 0.0422. The van der Waals surface area contributed by atoms with Gasteiger partial charge in [-0.3, -0.25) is 14.6 Å². The molecule has 24 heavy (non-hydrogen) atoms. The Bertz CT molecular complexity index is 452. The molecule has 0 aromatic heterocycles. The Labute approximate surface area is 145 Å². The molecule has 1 fully saturated rings. The third-order valence-electron chi connectivity index (χ3n) is 3.36. The van der Waals surface area contributed by atoms with E-state index in [1.165, 1.54) is 0 Å². The molecule has 138 valence electrons. The highest BCUT2D eigenvalue weighted by Gasteiger charge is 2.22. The molecule has 7 heteroatoms. The van der Waals surface area contributed by atoms with Crippen LogP contribution in [-0.4, -0.2) is 60.9 Å². The average Bonchev–Trinajstić information content (AvgIpc) is 3.23. The molecular weight excluding hydrogens is 306 g/mol. The van der Waals surface area contributed by atoms with Crippen LogP contribution in [0, 0.1) is 0 Å². The summed E-state index contributed by atoms with van der Waals surface area (Å²) in [6.45, 7) is 9.38. The number of guanidine groups is 1. The normalized spacial score (nSPS) is 15.0. The third kappa shape index (κ3) is 9.37. The number of likely N-dealkylation sites (N-methyl/N-ethyl adjacent to an activating group) is 1. The van der Waals surface area contributed by atoms with Crippen LogP contribution < -0.4 is 16.0 Å². The average molecular weight is 339 g/mol. The first kappa shape index (κ1) is 20.3. The molecule has 1 saturated carbocycles. The monoisotopic (exact) mass is 339 g/mol. The highest BCUT2D eigenvalue weighted by Crippen LogP contribution is 2.18. The third-order valence-corrected chi connectivity index (χ3v) is 3.36. The fourth-order valence-electron chi connectivity index (χ4n) is 2.17. The fourth-order valence-corrected chi connectivity index (χ4v) is 2.17. The first-order valence-corrected chi connectivity index (χ1v) is 8.81. The number of nitrogens with one attached hydrogen (secondary N) is 3. The molecule has 0 saturated heterocycles. The molecule has 0 radical (unpaired) electrons. The molecule has 0 aromatic carbocycles. The Morgan fingerprint density at radius 2 is 1.88 bits per heavy atom. The summed E-state index contributed by atoms with van der Waals surface area (Å²) in [6, 6.07) is 0.408. The minimum atomic E-state index is -0.248. The van der Waals surface area contributed by atoms with Gasteiger partial charge in [0.2, 0.25) is 11.8 Å². The Balaban J connectivity index is 2.38. The summed E-state index contributed by atoms with van der Waals surface area (Å²) < 4.78 is 0. The van der Waals surface area contributed by atoms with E-state index in [1.807, 2.05) is 34.7 Å². The van der Waals surface area contributed by atoms with Gasteiger partial charge in [0.15, 0.2) is 5.96 Å². The summed E-state index contributed by atoms with van der Waals surface area (Å²) >= 11 is 0. The Kier molecular flexibility index (Phi) is 8.01. The number of carbonyl (C=O) groups excluding carboxylic acids is 2. The molecule has 0 atom stereocenters. The van der Waals surface area contributed by atoms with Gasteiger partial charge in [-0.1, -0.05) is 0 Å². The van der Waals surface area contributed by atoms with E-state index in [0.717, 1.165) is 19.4 Å². The number of hydrogen-bond acceptors (Lipinski definition) is 3. The lowest BCUT2D eigenvalue weighted by Crippen LogP contribution is -2.48. The first-order valence-electron chi connectivity index (χ1n) is 8.81. The van der Waals surface area contributed by atoms with Crippen molar-refractivity contribution in [1.29, 1.82) is 0 Å². The number of hydrogen-bond donors (Lipinski definition) is 3. The van der Waals surface area contributed by atoms with Crippen molar-refractivity contribution in [2.75, 3.05) is 26.7 Å². The Morgan fingerprint density at radius 1 is 1.21 bits per heavy atom. The van der Waals surface area contributed by atoms with Crippen LogP contribution in [0.1, 0.15) is 53.4 Å². The van der Waals surface area contributed by atoms with Gasteiger partial charge in [0.1, 0.15) is 0 Å². The van der Waals surface area contributed by atoms with E-state index in [2.05, 4.69) is 20.9 Å². The van der Waals surface area contributed by atoms with Crippen LogP contribution in [0.15, 0.2) is 4.99 Å². The van der Waals surface area contributed by atoms with Crippen LogP contribution in [-0.2, 0) is 9.59 Å². The second-order valence-electron chi connectivity index (χ2n) is 7.34. The lowest BCUT2D eigenvalue weighted by Gasteiger charge is -2.25. The van der Waals surface area contributed by atoms with Crippen LogP contribution in [0.4, 0.5) is 0 Å². The van der Waals surface area contributed by atoms with Crippen molar-refractivity contribution in [3.63, 3.8) is 0 Å². The SMILES string of the molecule is CCNC(=NCCCC(=O)NC1CC1)N(C)CC(=O)NC(C)(C)C. The predicted octanol–water partition coefficient (Wildman–Crippen LogP) is 0.857. The minimum Gasteiger partial charge on any atom is -0.357 e. The molecule has 0 aromatic rings. The second-order valence-corrected chi connectivity index (χ2v) is 7.34. The van der Waals surface area contributed by atoms with E-state index >= 15 is 0 Å². The van der Waals surface area contributed by atoms with Crippen LogP contribution in [0.5, 0.6) is 0 Å². The molecular formula is C17H33N5O2. The predicted molar refractivity (Wildman–Crippen MR) is 96.9 cm³/mol. The zero-order chi connectivity index (χ0) is 18.2. The van der Waals surface area contributed by atoms with Gasteiger partial charge in [-0.15, -0.1) is 0 Å². The van der Waals surface area contributed by atoms with Crippen molar-refractivity contribution in [2.24, 2.45) is 4.99 Å². The zero-order valence-electron chi connectivity index (χ0n) is 15.7. The lowest BCUT2D eigenvalue weighted by atomic mass is 10.1. The summed E-state index contributed by atoms with van der Waals surface area (Å²) in [7, 11) is 1.84.